The Morgan fingerprint density at radius 1 is 1.15 bits per heavy atom. The fourth-order valence-electron chi connectivity index (χ4n) is 3.92. The van der Waals surface area contributed by atoms with Crippen LogP contribution in [0.1, 0.15) is 39.2 Å². The molecule has 192 valence electrons. The Bertz CT molecular complexity index is 807. The number of carboxylic acid groups (broad SMARTS) is 2. The van der Waals surface area contributed by atoms with Crippen LogP contribution < -0.4 is 10.1 Å². The van der Waals surface area contributed by atoms with Gasteiger partial charge in [-0.25, -0.2) is 9.59 Å². The molecule has 1 aromatic rings. The second-order valence-corrected chi connectivity index (χ2v) is 9.52. The van der Waals surface area contributed by atoms with Crippen molar-refractivity contribution in [2.75, 3.05) is 46.9 Å². The third-order valence-corrected chi connectivity index (χ3v) is 5.36. The van der Waals surface area contributed by atoms with Gasteiger partial charge in [-0.15, -0.1) is 0 Å². The Balaban J connectivity index is 0.000000852. The van der Waals surface area contributed by atoms with Gasteiger partial charge in [0.1, 0.15) is 0 Å². The molecule has 2 rings (SSSR count). The molecule has 1 aliphatic heterocycles. The Morgan fingerprint density at radius 2 is 1.74 bits per heavy atom. The number of benzene rings is 1. The molecule has 1 amide bonds. The van der Waals surface area contributed by atoms with Crippen molar-refractivity contribution in [3.05, 3.63) is 23.8 Å². The molecule has 1 aromatic carbocycles. The van der Waals surface area contributed by atoms with Crippen LogP contribution in [0.25, 0.3) is 0 Å². The fraction of sp³-hybridized carbons (Fsp3) is 0.625. The minimum Gasteiger partial charge on any atom is -0.504 e. The summed E-state index contributed by atoms with van der Waals surface area (Å²) in [5.41, 5.74) is 1.19. The molecule has 1 fully saturated rings. The van der Waals surface area contributed by atoms with Crippen molar-refractivity contribution >= 4 is 17.8 Å². The summed E-state index contributed by atoms with van der Waals surface area (Å²) in [6, 6.07) is 5.53. The first-order valence-electron chi connectivity index (χ1n) is 11.4. The Morgan fingerprint density at radius 3 is 2.24 bits per heavy atom. The molecule has 0 atom stereocenters. The van der Waals surface area contributed by atoms with E-state index in [-0.39, 0.29) is 23.0 Å². The first-order valence-corrected chi connectivity index (χ1v) is 11.4. The van der Waals surface area contributed by atoms with E-state index in [0.717, 1.165) is 44.6 Å². The van der Waals surface area contributed by atoms with Crippen molar-refractivity contribution in [1.29, 1.82) is 0 Å². The molecule has 34 heavy (non-hydrogen) atoms. The van der Waals surface area contributed by atoms with Gasteiger partial charge in [0.15, 0.2) is 11.5 Å². The lowest BCUT2D eigenvalue weighted by Crippen LogP contribution is -2.44. The summed E-state index contributed by atoms with van der Waals surface area (Å²) >= 11 is 0. The predicted octanol–water partition coefficient (Wildman–Crippen LogP) is 1.86. The van der Waals surface area contributed by atoms with Gasteiger partial charge in [-0.2, -0.15) is 0 Å². The standard InChI is InChI=1S/C22H37N3O3.C2H2O4/c1-6-28-20-13-17(7-8-19(20)26)14-25-11-9-18(10-12-25)21(27)23-15-22(2,3)16-24(4)5;3-1(4)2(5)6/h7-8,13,18,26H,6,9-12,14-16H2,1-5H3,(H,23,27);(H,3,4)(H,5,6). The Kier molecular flexibility index (Phi) is 11.8. The number of piperidine rings is 1. The third-order valence-electron chi connectivity index (χ3n) is 5.36. The monoisotopic (exact) mass is 481 g/mol. The summed E-state index contributed by atoms with van der Waals surface area (Å²) in [4.78, 5) is 35.3. The number of nitrogens with one attached hydrogen (secondary N) is 1. The normalized spacial score (nSPS) is 14.8. The van der Waals surface area contributed by atoms with E-state index in [0.29, 0.717) is 18.9 Å². The second kappa shape index (κ2) is 13.8. The van der Waals surface area contributed by atoms with Crippen molar-refractivity contribution in [2.24, 2.45) is 11.3 Å². The highest BCUT2D eigenvalue weighted by Crippen LogP contribution is 2.28. The SMILES string of the molecule is CCOc1cc(CN2CCC(C(=O)NCC(C)(C)CN(C)C)CC2)ccc1O.O=C(O)C(=O)O. The van der Waals surface area contributed by atoms with Gasteiger partial charge in [0.2, 0.25) is 5.91 Å². The predicted molar refractivity (Wildman–Crippen MR) is 128 cm³/mol. The van der Waals surface area contributed by atoms with E-state index in [9.17, 15) is 9.90 Å². The van der Waals surface area contributed by atoms with Gasteiger partial charge >= 0.3 is 11.9 Å². The molecule has 0 aromatic heterocycles. The first-order chi connectivity index (χ1) is 15.8. The average Bonchev–Trinajstić information content (AvgIpc) is 2.74. The Hall–Kier alpha value is -2.85. The highest BCUT2D eigenvalue weighted by atomic mass is 16.5. The molecular weight excluding hydrogens is 442 g/mol. The lowest BCUT2D eigenvalue weighted by molar-refractivity contribution is -0.159. The largest absolute Gasteiger partial charge is 0.504 e. The van der Waals surface area contributed by atoms with Crippen LogP contribution in [-0.2, 0) is 20.9 Å². The number of aromatic hydroxyl groups is 1. The molecule has 0 unspecified atom stereocenters. The molecule has 10 heteroatoms. The highest BCUT2D eigenvalue weighted by Gasteiger charge is 2.27. The van der Waals surface area contributed by atoms with Gasteiger partial charge in [-0.3, -0.25) is 9.69 Å². The van der Waals surface area contributed by atoms with E-state index in [2.05, 4.69) is 43.1 Å². The second-order valence-electron chi connectivity index (χ2n) is 9.52. The third kappa shape index (κ3) is 10.8. The Labute approximate surface area is 201 Å². The van der Waals surface area contributed by atoms with Gasteiger partial charge in [-0.1, -0.05) is 19.9 Å². The van der Waals surface area contributed by atoms with E-state index in [1.807, 2.05) is 19.1 Å². The maximum atomic E-state index is 12.6. The van der Waals surface area contributed by atoms with E-state index in [1.54, 1.807) is 6.07 Å². The van der Waals surface area contributed by atoms with Gasteiger partial charge in [0.05, 0.1) is 6.61 Å². The number of carbonyl (C=O) groups excluding carboxylic acids is 1. The minimum atomic E-state index is -1.82. The molecule has 0 spiro atoms. The number of hydrogen-bond acceptors (Lipinski definition) is 7. The number of aliphatic carboxylic acids is 2. The molecule has 1 aliphatic rings. The zero-order valence-corrected chi connectivity index (χ0v) is 20.8. The molecule has 1 heterocycles. The van der Waals surface area contributed by atoms with Crippen molar-refractivity contribution in [3.8, 4) is 11.5 Å². The zero-order chi connectivity index (χ0) is 25.9. The lowest BCUT2D eigenvalue weighted by Gasteiger charge is -2.33. The van der Waals surface area contributed by atoms with E-state index in [1.165, 1.54) is 0 Å². The minimum absolute atomic E-state index is 0.0665. The molecule has 0 aliphatic carbocycles. The van der Waals surface area contributed by atoms with Crippen LogP contribution >= 0.6 is 0 Å². The van der Waals surface area contributed by atoms with Crippen molar-refractivity contribution in [1.82, 2.24) is 15.1 Å². The van der Waals surface area contributed by atoms with Crippen LogP contribution in [0.5, 0.6) is 11.5 Å². The van der Waals surface area contributed by atoms with Crippen LogP contribution in [0.4, 0.5) is 0 Å². The van der Waals surface area contributed by atoms with Crippen LogP contribution in [0, 0.1) is 11.3 Å². The average molecular weight is 482 g/mol. The van der Waals surface area contributed by atoms with E-state index in [4.69, 9.17) is 24.5 Å². The van der Waals surface area contributed by atoms with E-state index >= 15 is 0 Å². The molecule has 0 radical (unpaired) electrons. The number of hydrogen-bond donors (Lipinski definition) is 4. The van der Waals surface area contributed by atoms with Crippen molar-refractivity contribution in [2.45, 2.75) is 40.2 Å². The van der Waals surface area contributed by atoms with Crippen molar-refractivity contribution < 1.29 is 34.4 Å². The number of rotatable bonds is 9. The highest BCUT2D eigenvalue weighted by molar-refractivity contribution is 6.27. The van der Waals surface area contributed by atoms with Gasteiger partial charge < -0.3 is 30.3 Å². The number of phenolic OH excluding ortho intramolecular Hbond substituents is 1. The fourth-order valence-corrected chi connectivity index (χ4v) is 3.92. The summed E-state index contributed by atoms with van der Waals surface area (Å²) in [6.07, 6.45) is 1.77. The van der Waals surface area contributed by atoms with E-state index < -0.39 is 11.9 Å². The summed E-state index contributed by atoms with van der Waals surface area (Å²) in [5.74, 6) is -2.64. The molecule has 10 nitrogen and oxygen atoms in total. The molecule has 4 N–H and O–H groups in total. The summed E-state index contributed by atoms with van der Waals surface area (Å²) in [5, 5.41) is 27.8. The molecule has 0 bridgehead atoms. The smallest absolute Gasteiger partial charge is 0.414 e. The van der Waals surface area contributed by atoms with Gasteiger partial charge in [0.25, 0.3) is 0 Å². The van der Waals surface area contributed by atoms with Crippen LogP contribution in [-0.4, -0.2) is 89.8 Å². The molecular formula is C24H39N3O7. The lowest BCUT2D eigenvalue weighted by atomic mass is 9.91. The number of amides is 1. The maximum absolute atomic E-state index is 12.6. The topological polar surface area (TPSA) is 140 Å². The summed E-state index contributed by atoms with van der Waals surface area (Å²) < 4.78 is 5.47. The van der Waals surface area contributed by atoms with Crippen molar-refractivity contribution in [3.63, 3.8) is 0 Å². The number of likely N-dealkylation sites (tertiary alicyclic amines) is 1. The quantitative estimate of drug-likeness (QED) is 0.389. The van der Waals surface area contributed by atoms with Gasteiger partial charge in [-0.05, 0) is 70.1 Å². The number of phenols is 1. The zero-order valence-electron chi connectivity index (χ0n) is 20.8. The first kappa shape index (κ1) is 29.2. The van der Waals surface area contributed by atoms with Gasteiger partial charge in [0, 0.05) is 25.6 Å². The maximum Gasteiger partial charge on any atom is 0.414 e. The summed E-state index contributed by atoms with van der Waals surface area (Å²) in [7, 11) is 4.12. The molecule has 1 saturated heterocycles. The number of nitrogens with zero attached hydrogens (tertiary/aromatic N) is 2. The van der Waals surface area contributed by atoms with Crippen LogP contribution in [0.15, 0.2) is 18.2 Å². The number of carboxylic acids is 2. The number of ether oxygens (including phenoxy) is 1. The number of carbonyl (C=O) groups is 3. The molecule has 0 saturated carbocycles. The summed E-state index contributed by atoms with van der Waals surface area (Å²) in [6.45, 7) is 11.1. The van der Waals surface area contributed by atoms with Crippen LogP contribution in [0.2, 0.25) is 0 Å². The van der Waals surface area contributed by atoms with Crippen LogP contribution in [0.3, 0.4) is 0 Å².